The fourth-order valence-corrected chi connectivity index (χ4v) is 5.34. The molecule has 164 valence electrons. The van der Waals surface area contributed by atoms with E-state index in [1.807, 2.05) is 55.5 Å². The number of benzene rings is 2. The summed E-state index contributed by atoms with van der Waals surface area (Å²) in [6, 6.07) is 15.7. The molecule has 0 bridgehead atoms. The van der Waals surface area contributed by atoms with E-state index in [-0.39, 0.29) is 23.9 Å². The molecule has 4 atom stereocenters. The smallest absolute Gasteiger partial charge is 0.229 e. The van der Waals surface area contributed by atoms with Gasteiger partial charge in [-0.1, -0.05) is 79.5 Å². The zero-order valence-electron chi connectivity index (χ0n) is 18.6. The van der Waals surface area contributed by atoms with E-state index in [1.165, 1.54) is 0 Å². The van der Waals surface area contributed by atoms with Gasteiger partial charge in [0.1, 0.15) is 0 Å². The maximum absolute atomic E-state index is 14.0. The molecule has 2 nitrogen and oxygen atoms in total. The van der Waals surface area contributed by atoms with E-state index in [4.69, 9.17) is 23.2 Å². The Morgan fingerprint density at radius 3 is 2.42 bits per heavy atom. The van der Waals surface area contributed by atoms with Crippen LogP contribution in [0.25, 0.3) is 0 Å². The predicted octanol–water partition coefficient (Wildman–Crippen LogP) is 7.99. The quantitative estimate of drug-likeness (QED) is 0.387. The summed E-state index contributed by atoms with van der Waals surface area (Å²) in [4.78, 5) is 16.1. The first-order chi connectivity index (χ1) is 14.7. The van der Waals surface area contributed by atoms with Crippen molar-refractivity contribution in [3.05, 3.63) is 94.5 Å². The third kappa shape index (κ3) is 4.76. The monoisotopic (exact) mass is 455 g/mol. The Hall–Kier alpha value is -2.03. The molecular weight excluding hydrogens is 425 g/mol. The topological polar surface area (TPSA) is 20.3 Å². The van der Waals surface area contributed by atoms with Gasteiger partial charge < -0.3 is 4.90 Å². The minimum atomic E-state index is -0.541. The molecule has 2 aromatic rings. The van der Waals surface area contributed by atoms with Crippen molar-refractivity contribution in [3.63, 3.8) is 0 Å². The van der Waals surface area contributed by atoms with Crippen molar-refractivity contribution in [2.75, 3.05) is 0 Å². The highest BCUT2D eigenvalue weighted by molar-refractivity contribution is 6.30. The number of allylic oxidation sites excluding steroid dienone is 1. The number of hydrogen-bond donors (Lipinski definition) is 0. The Bertz CT molecular complexity index is 967. The molecule has 0 aromatic heterocycles. The highest BCUT2D eigenvalue weighted by Crippen LogP contribution is 2.52. The van der Waals surface area contributed by atoms with E-state index in [2.05, 4.69) is 38.0 Å². The lowest BCUT2D eigenvalue weighted by molar-refractivity contribution is -0.153. The highest BCUT2D eigenvalue weighted by Gasteiger charge is 2.50. The second-order valence-corrected chi connectivity index (χ2v) is 9.77. The van der Waals surface area contributed by atoms with Crippen LogP contribution in [-0.4, -0.2) is 16.8 Å². The molecule has 0 N–H and O–H groups in total. The molecular formula is C27H31Cl2NO. The molecule has 0 spiro atoms. The number of carbonyl (C=O) groups excluding carboxylic acids is 1. The van der Waals surface area contributed by atoms with Crippen LogP contribution in [0.2, 0.25) is 10.0 Å². The number of piperidine rings is 1. The van der Waals surface area contributed by atoms with E-state index in [0.29, 0.717) is 22.9 Å². The van der Waals surface area contributed by atoms with Crippen molar-refractivity contribution in [3.8, 4) is 0 Å². The van der Waals surface area contributed by atoms with Gasteiger partial charge in [0.05, 0.1) is 17.5 Å². The summed E-state index contributed by atoms with van der Waals surface area (Å²) in [7, 11) is 0. The fraction of sp³-hybridized carbons (Fsp3) is 0.370. The van der Waals surface area contributed by atoms with Gasteiger partial charge in [0, 0.05) is 16.0 Å². The Labute approximate surface area is 196 Å². The lowest BCUT2D eigenvalue weighted by Gasteiger charge is -2.52. The SMILES string of the molecule is C=CC[C@@]1(C)C[C@H](c2cccc(Cl)c2)C(c2ccc(Cl)cc2)N(C(CC)C(=C)C)C1=O. The second kappa shape index (κ2) is 9.63. The van der Waals surface area contributed by atoms with Crippen LogP contribution in [0.4, 0.5) is 0 Å². The number of amides is 1. The fourth-order valence-electron chi connectivity index (χ4n) is 5.01. The lowest BCUT2D eigenvalue weighted by atomic mass is 9.67. The maximum Gasteiger partial charge on any atom is 0.229 e. The van der Waals surface area contributed by atoms with E-state index in [1.54, 1.807) is 0 Å². The molecule has 1 fully saturated rings. The molecule has 4 heteroatoms. The number of nitrogens with zero attached hydrogens (tertiary/aromatic N) is 1. The summed E-state index contributed by atoms with van der Waals surface area (Å²) < 4.78 is 0. The highest BCUT2D eigenvalue weighted by atomic mass is 35.5. The van der Waals surface area contributed by atoms with Crippen molar-refractivity contribution in [1.29, 1.82) is 0 Å². The average molecular weight is 456 g/mol. The average Bonchev–Trinajstić information content (AvgIpc) is 2.72. The van der Waals surface area contributed by atoms with Crippen LogP contribution in [-0.2, 0) is 4.79 Å². The van der Waals surface area contributed by atoms with Gasteiger partial charge in [0.15, 0.2) is 0 Å². The van der Waals surface area contributed by atoms with Crippen LogP contribution in [0.3, 0.4) is 0 Å². The van der Waals surface area contributed by atoms with Crippen LogP contribution in [0.5, 0.6) is 0 Å². The van der Waals surface area contributed by atoms with Crippen molar-refractivity contribution >= 4 is 29.1 Å². The van der Waals surface area contributed by atoms with Gasteiger partial charge in [-0.15, -0.1) is 6.58 Å². The summed E-state index contributed by atoms with van der Waals surface area (Å²) in [5, 5.41) is 1.38. The molecule has 3 rings (SSSR count). The van der Waals surface area contributed by atoms with Crippen LogP contribution >= 0.6 is 23.2 Å². The maximum atomic E-state index is 14.0. The zero-order chi connectivity index (χ0) is 22.8. The van der Waals surface area contributed by atoms with E-state index in [0.717, 1.165) is 23.1 Å². The Morgan fingerprint density at radius 2 is 1.87 bits per heavy atom. The first-order valence-electron chi connectivity index (χ1n) is 10.8. The van der Waals surface area contributed by atoms with E-state index >= 15 is 0 Å². The first kappa shape index (κ1) is 23.6. The van der Waals surface area contributed by atoms with Gasteiger partial charge >= 0.3 is 0 Å². The van der Waals surface area contributed by atoms with Crippen LogP contribution in [0.1, 0.15) is 63.1 Å². The molecule has 1 saturated heterocycles. The van der Waals surface area contributed by atoms with Crippen LogP contribution in [0, 0.1) is 5.41 Å². The number of carbonyl (C=O) groups is 1. The van der Waals surface area contributed by atoms with Crippen molar-refractivity contribution in [2.45, 2.75) is 58.0 Å². The second-order valence-electron chi connectivity index (χ2n) is 8.90. The predicted molar refractivity (Wildman–Crippen MR) is 132 cm³/mol. The number of rotatable bonds is 7. The number of hydrogen-bond acceptors (Lipinski definition) is 1. The largest absolute Gasteiger partial charge is 0.328 e. The molecule has 1 aliphatic rings. The van der Waals surface area contributed by atoms with Gasteiger partial charge in [0.2, 0.25) is 5.91 Å². The van der Waals surface area contributed by atoms with E-state index in [9.17, 15) is 4.79 Å². The van der Waals surface area contributed by atoms with Gasteiger partial charge in [-0.3, -0.25) is 4.79 Å². The van der Waals surface area contributed by atoms with E-state index < -0.39 is 5.41 Å². The molecule has 0 aliphatic carbocycles. The van der Waals surface area contributed by atoms with Crippen LogP contribution < -0.4 is 0 Å². The summed E-state index contributed by atoms with van der Waals surface area (Å²) in [6.07, 6.45) is 4.00. The van der Waals surface area contributed by atoms with Crippen molar-refractivity contribution < 1.29 is 4.79 Å². The molecule has 1 amide bonds. The molecule has 2 aromatic carbocycles. The molecule has 0 radical (unpaired) electrons. The summed E-state index contributed by atoms with van der Waals surface area (Å²) in [6.45, 7) is 14.3. The van der Waals surface area contributed by atoms with Crippen molar-refractivity contribution in [2.24, 2.45) is 5.41 Å². The normalized spacial score (nSPS) is 24.7. The minimum Gasteiger partial charge on any atom is -0.328 e. The number of likely N-dealkylation sites (tertiary alicyclic amines) is 1. The third-order valence-electron chi connectivity index (χ3n) is 6.48. The molecule has 1 heterocycles. The van der Waals surface area contributed by atoms with Crippen LogP contribution in [0.15, 0.2) is 73.3 Å². The van der Waals surface area contributed by atoms with Gasteiger partial charge in [-0.05, 0) is 61.6 Å². The lowest BCUT2D eigenvalue weighted by Crippen LogP contribution is -2.55. The molecule has 1 aliphatic heterocycles. The third-order valence-corrected chi connectivity index (χ3v) is 6.96. The minimum absolute atomic E-state index is 0.0562. The number of halogens is 2. The van der Waals surface area contributed by atoms with Gasteiger partial charge in [-0.25, -0.2) is 0 Å². The van der Waals surface area contributed by atoms with Gasteiger partial charge in [-0.2, -0.15) is 0 Å². The molecule has 2 unspecified atom stereocenters. The Morgan fingerprint density at radius 1 is 1.19 bits per heavy atom. The molecule has 0 saturated carbocycles. The summed E-state index contributed by atoms with van der Waals surface area (Å²) >= 11 is 12.6. The zero-order valence-corrected chi connectivity index (χ0v) is 20.1. The summed E-state index contributed by atoms with van der Waals surface area (Å²) in [5.74, 6) is 0.233. The first-order valence-corrected chi connectivity index (χ1v) is 11.6. The standard InChI is InChI=1S/C27H31Cl2NO/c1-6-15-27(5)17-23(20-9-8-10-22(29)16-20)25(19-11-13-21(28)14-12-19)30(26(27)31)24(7-2)18(3)4/h6,8-14,16,23-25H,1,3,7,15,17H2,2,4-5H3/t23-,24?,25?,27+/m1/s1. The Balaban J connectivity index is 2.25. The summed E-state index contributed by atoms with van der Waals surface area (Å²) in [5.41, 5.74) is 2.66. The Kier molecular flexibility index (Phi) is 7.34. The van der Waals surface area contributed by atoms with Crippen molar-refractivity contribution in [1.82, 2.24) is 4.90 Å². The molecule has 31 heavy (non-hydrogen) atoms. The van der Waals surface area contributed by atoms with Gasteiger partial charge in [0.25, 0.3) is 0 Å².